The van der Waals surface area contributed by atoms with Crippen LogP contribution in [-0.2, 0) is 4.79 Å². The fourth-order valence-corrected chi connectivity index (χ4v) is 4.53. The fourth-order valence-electron chi connectivity index (χ4n) is 3.69. The molecule has 0 spiro atoms. The third-order valence-corrected chi connectivity index (χ3v) is 6.29. The lowest BCUT2D eigenvalue weighted by atomic mass is 10.0. The highest BCUT2D eigenvalue weighted by Crippen LogP contribution is 2.34. The molecule has 0 saturated carbocycles. The van der Waals surface area contributed by atoms with Crippen LogP contribution in [0.15, 0.2) is 87.8 Å². The summed E-state index contributed by atoms with van der Waals surface area (Å²) in [4.78, 5) is 21.9. The molecule has 3 heterocycles. The first-order chi connectivity index (χ1) is 15.7. The van der Waals surface area contributed by atoms with Crippen LogP contribution in [-0.4, -0.2) is 39.5 Å². The minimum absolute atomic E-state index is 0.109. The maximum absolute atomic E-state index is 13.2. The van der Waals surface area contributed by atoms with E-state index in [1.54, 1.807) is 13.4 Å². The molecule has 1 aliphatic rings. The van der Waals surface area contributed by atoms with E-state index >= 15 is 0 Å². The topological polar surface area (TPSA) is 80.8 Å². The number of aromatic nitrogens is 2. The lowest BCUT2D eigenvalue weighted by Crippen LogP contribution is -2.28. The van der Waals surface area contributed by atoms with E-state index in [9.17, 15) is 4.79 Å². The second-order valence-corrected chi connectivity index (χ2v) is 8.20. The van der Waals surface area contributed by atoms with Crippen LogP contribution in [0, 0.1) is 0 Å². The van der Waals surface area contributed by atoms with Crippen LogP contribution in [0.25, 0.3) is 10.9 Å². The Hall–Kier alpha value is -3.65. The number of hydrogen-bond acceptors (Lipinski definition) is 7. The molecule has 8 heteroatoms. The number of carbonyl (C=O) groups is 1. The first-order valence-electron chi connectivity index (χ1n) is 10.1. The Morgan fingerprint density at radius 2 is 1.97 bits per heavy atom. The van der Waals surface area contributed by atoms with E-state index in [1.807, 2.05) is 60.7 Å². The van der Waals surface area contributed by atoms with Crippen LogP contribution in [0.2, 0.25) is 0 Å². The molecule has 1 amide bonds. The van der Waals surface area contributed by atoms with E-state index < -0.39 is 0 Å². The summed E-state index contributed by atoms with van der Waals surface area (Å²) in [5, 5.41) is 7.92. The largest absolute Gasteiger partial charge is 0.497 e. The quantitative estimate of drug-likeness (QED) is 0.317. The molecular formula is C24H20N4O3S. The van der Waals surface area contributed by atoms with Crippen molar-refractivity contribution in [3.63, 3.8) is 0 Å². The van der Waals surface area contributed by atoms with Crippen LogP contribution in [0.4, 0.5) is 0 Å². The standard InChI is InChI=1S/C24H20N4O3S/c1-30-17-10-8-16(9-11-17)20-13-21(22-7-4-12-31-22)28(27-20)23(29)14-32-24-18-5-2-3-6-19(18)25-15-26-24/h2-12,15,21H,13-14H2,1H3/t21-/m1/s1. The Labute approximate surface area is 189 Å². The number of carbonyl (C=O) groups excluding carboxylic acids is 1. The van der Waals surface area contributed by atoms with Crippen LogP contribution in [0.3, 0.4) is 0 Å². The third-order valence-electron chi connectivity index (χ3n) is 5.30. The van der Waals surface area contributed by atoms with Gasteiger partial charge in [-0.25, -0.2) is 15.0 Å². The third kappa shape index (κ3) is 3.97. The maximum Gasteiger partial charge on any atom is 0.253 e. The highest BCUT2D eigenvalue weighted by molar-refractivity contribution is 8.00. The predicted molar refractivity (Wildman–Crippen MR) is 123 cm³/mol. The van der Waals surface area contributed by atoms with Crippen molar-refractivity contribution in [2.75, 3.05) is 12.9 Å². The number of fused-ring (bicyclic) bond motifs is 1. The van der Waals surface area contributed by atoms with E-state index in [0.717, 1.165) is 33.0 Å². The molecular weight excluding hydrogens is 424 g/mol. The fraction of sp³-hybridized carbons (Fsp3) is 0.167. The first-order valence-corrected chi connectivity index (χ1v) is 11.1. The number of furan rings is 1. The molecule has 4 aromatic rings. The second kappa shape index (κ2) is 8.84. The molecule has 160 valence electrons. The van der Waals surface area contributed by atoms with E-state index in [-0.39, 0.29) is 17.7 Å². The van der Waals surface area contributed by atoms with Crippen LogP contribution >= 0.6 is 11.8 Å². The summed E-state index contributed by atoms with van der Waals surface area (Å²) < 4.78 is 10.9. The van der Waals surface area contributed by atoms with Gasteiger partial charge in [0.1, 0.15) is 28.9 Å². The molecule has 0 N–H and O–H groups in total. The average Bonchev–Trinajstić information content (AvgIpc) is 3.53. The Kier molecular flexibility index (Phi) is 5.60. The van der Waals surface area contributed by atoms with Gasteiger partial charge >= 0.3 is 0 Å². The Balaban J connectivity index is 1.39. The minimum Gasteiger partial charge on any atom is -0.497 e. The molecule has 1 atom stereocenters. The zero-order valence-electron chi connectivity index (χ0n) is 17.3. The number of ether oxygens (including phenoxy) is 1. The number of thioether (sulfide) groups is 1. The van der Waals surface area contributed by atoms with Crippen LogP contribution < -0.4 is 4.74 Å². The van der Waals surface area contributed by atoms with Gasteiger partial charge < -0.3 is 9.15 Å². The molecule has 0 fully saturated rings. The lowest BCUT2D eigenvalue weighted by Gasteiger charge is -2.19. The van der Waals surface area contributed by atoms with Gasteiger partial charge in [0.25, 0.3) is 5.91 Å². The summed E-state index contributed by atoms with van der Waals surface area (Å²) in [7, 11) is 1.63. The highest BCUT2D eigenvalue weighted by Gasteiger charge is 2.34. The van der Waals surface area contributed by atoms with E-state index in [2.05, 4.69) is 15.1 Å². The molecule has 2 aromatic heterocycles. The van der Waals surface area contributed by atoms with Crippen molar-refractivity contribution in [3.8, 4) is 5.75 Å². The number of hydrazone groups is 1. The van der Waals surface area contributed by atoms with Gasteiger partial charge in [-0.15, -0.1) is 0 Å². The highest BCUT2D eigenvalue weighted by atomic mass is 32.2. The minimum atomic E-state index is -0.280. The molecule has 32 heavy (non-hydrogen) atoms. The number of benzene rings is 2. The van der Waals surface area contributed by atoms with Gasteiger partial charge in [-0.3, -0.25) is 4.79 Å². The van der Waals surface area contributed by atoms with Gasteiger partial charge in [-0.1, -0.05) is 30.0 Å². The van der Waals surface area contributed by atoms with Crippen molar-refractivity contribution in [1.82, 2.24) is 15.0 Å². The molecule has 7 nitrogen and oxygen atoms in total. The summed E-state index contributed by atoms with van der Waals surface area (Å²) >= 11 is 1.39. The van der Waals surface area contributed by atoms with Crippen LogP contribution in [0.1, 0.15) is 23.8 Å². The number of nitrogens with zero attached hydrogens (tertiary/aromatic N) is 4. The van der Waals surface area contributed by atoms with Gasteiger partial charge in [0, 0.05) is 11.8 Å². The summed E-state index contributed by atoms with van der Waals surface area (Å²) in [5.74, 6) is 1.58. The number of rotatable bonds is 6. The van der Waals surface area contributed by atoms with Crippen LogP contribution in [0.5, 0.6) is 5.75 Å². The van der Waals surface area contributed by atoms with E-state index in [0.29, 0.717) is 12.2 Å². The zero-order chi connectivity index (χ0) is 21.9. The Morgan fingerprint density at radius 1 is 1.12 bits per heavy atom. The predicted octanol–water partition coefficient (Wildman–Crippen LogP) is 4.70. The molecule has 0 radical (unpaired) electrons. The molecule has 5 rings (SSSR count). The molecule has 1 aliphatic heterocycles. The van der Waals surface area contributed by atoms with Gasteiger partial charge in [-0.2, -0.15) is 5.10 Å². The Bertz CT molecular complexity index is 1270. The second-order valence-electron chi connectivity index (χ2n) is 7.23. The number of amides is 1. The van der Waals surface area contributed by atoms with E-state index in [4.69, 9.17) is 9.15 Å². The summed E-state index contributed by atoms with van der Waals surface area (Å²) in [6.45, 7) is 0. The SMILES string of the molecule is COc1ccc(C2=NN(C(=O)CSc3ncnc4ccccc34)[C@@H](c3ccco3)C2)cc1. The maximum atomic E-state index is 13.2. The number of hydrogen-bond donors (Lipinski definition) is 0. The van der Waals surface area contributed by atoms with Crippen molar-refractivity contribution in [2.24, 2.45) is 5.10 Å². The van der Waals surface area contributed by atoms with Crippen molar-refractivity contribution in [1.29, 1.82) is 0 Å². The zero-order valence-corrected chi connectivity index (χ0v) is 18.2. The smallest absolute Gasteiger partial charge is 0.253 e. The number of para-hydroxylation sites is 1. The van der Waals surface area contributed by atoms with Crippen molar-refractivity contribution in [3.05, 3.63) is 84.6 Å². The number of methoxy groups -OCH3 is 1. The normalized spacial score (nSPS) is 15.7. The van der Waals surface area contributed by atoms with Gasteiger partial charge in [0.2, 0.25) is 0 Å². The average molecular weight is 445 g/mol. The molecule has 0 unspecified atom stereocenters. The first kappa shape index (κ1) is 20.3. The van der Waals surface area contributed by atoms with Crippen molar-refractivity contribution < 1.29 is 13.9 Å². The van der Waals surface area contributed by atoms with Gasteiger partial charge in [0.05, 0.1) is 30.4 Å². The summed E-state index contributed by atoms with van der Waals surface area (Å²) in [5.41, 5.74) is 2.64. The van der Waals surface area contributed by atoms with Gasteiger partial charge in [0.15, 0.2) is 0 Å². The summed E-state index contributed by atoms with van der Waals surface area (Å²) in [6, 6.07) is 18.9. The summed E-state index contributed by atoms with van der Waals surface area (Å²) in [6.07, 6.45) is 3.72. The Morgan fingerprint density at radius 3 is 2.75 bits per heavy atom. The van der Waals surface area contributed by atoms with E-state index in [1.165, 1.54) is 23.1 Å². The molecule has 0 saturated heterocycles. The molecule has 0 aliphatic carbocycles. The van der Waals surface area contributed by atoms with Crippen molar-refractivity contribution in [2.45, 2.75) is 17.5 Å². The molecule has 2 aromatic carbocycles. The molecule has 0 bridgehead atoms. The monoisotopic (exact) mass is 444 g/mol. The lowest BCUT2D eigenvalue weighted by molar-refractivity contribution is -0.130. The van der Waals surface area contributed by atoms with Crippen molar-refractivity contribution >= 4 is 34.3 Å². The van der Waals surface area contributed by atoms with Gasteiger partial charge in [-0.05, 0) is 48.0 Å².